The highest BCUT2D eigenvalue weighted by molar-refractivity contribution is 5.92. The second-order valence-corrected chi connectivity index (χ2v) is 5.99. The van der Waals surface area contributed by atoms with Gasteiger partial charge in [-0.05, 0) is 12.8 Å². The van der Waals surface area contributed by atoms with Crippen LogP contribution in [0, 0.1) is 0 Å². The molecule has 2 heterocycles. The number of hydrogen-bond acceptors (Lipinski definition) is 4. The van der Waals surface area contributed by atoms with Crippen molar-refractivity contribution < 1.29 is 22.8 Å². The van der Waals surface area contributed by atoms with E-state index in [1.807, 2.05) is 0 Å². The van der Waals surface area contributed by atoms with Crippen LogP contribution >= 0.6 is 0 Å². The van der Waals surface area contributed by atoms with Gasteiger partial charge in [0.1, 0.15) is 12.6 Å². The lowest BCUT2D eigenvalue weighted by molar-refractivity contribution is -0.177. The Labute approximate surface area is 137 Å². The van der Waals surface area contributed by atoms with E-state index in [2.05, 4.69) is 10.3 Å². The van der Waals surface area contributed by atoms with Crippen LogP contribution in [-0.4, -0.2) is 69.5 Å². The number of halogens is 3. The van der Waals surface area contributed by atoms with Crippen molar-refractivity contribution in [3.8, 4) is 0 Å². The standard InChI is InChI=1S/C14H20F3N5O2/c1-20(2)12(23)9-21-8-10(18-19-21)13(24)22-7-5-3-4-6-11(22)14(15,16)17/h8,11H,3-7,9H2,1-2H3. The minimum Gasteiger partial charge on any atom is -0.347 e. The number of alkyl halides is 3. The zero-order chi connectivity index (χ0) is 17.9. The largest absolute Gasteiger partial charge is 0.408 e. The zero-order valence-electron chi connectivity index (χ0n) is 13.6. The van der Waals surface area contributed by atoms with Crippen LogP contribution in [0.2, 0.25) is 0 Å². The Bertz CT molecular complexity index is 599. The highest BCUT2D eigenvalue weighted by Crippen LogP contribution is 2.31. The molecular weight excluding hydrogens is 327 g/mol. The summed E-state index contributed by atoms with van der Waals surface area (Å²) in [5.41, 5.74) is -0.183. The molecule has 10 heteroatoms. The molecular formula is C14H20F3N5O2. The van der Waals surface area contributed by atoms with Gasteiger partial charge in [0.15, 0.2) is 5.69 Å². The van der Waals surface area contributed by atoms with Gasteiger partial charge in [-0.25, -0.2) is 4.68 Å². The summed E-state index contributed by atoms with van der Waals surface area (Å²) in [5, 5.41) is 7.29. The third-order valence-corrected chi connectivity index (χ3v) is 3.95. The Morgan fingerprint density at radius 1 is 1.29 bits per heavy atom. The number of likely N-dealkylation sites (tertiary alicyclic amines) is 1. The van der Waals surface area contributed by atoms with Crippen molar-refractivity contribution in [1.29, 1.82) is 0 Å². The van der Waals surface area contributed by atoms with E-state index in [-0.39, 0.29) is 31.1 Å². The topological polar surface area (TPSA) is 71.3 Å². The second kappa shape index (κ2) is 7.18. The molecule has 0 bridgehead atoms. The Morgan fingerprint density at radius 2 is 2.00 bits per heavy atom. The minimum atomic E-state index is -4.48. The molecule has 24 heavy (non-hydrogen) atoms. The molecule has 1 aromatic heterocycles. The monoisotopic (exact) mass is 347 g/mol. The van der Waals surface area contributed by atoms with Gasteiger partial charge in [0.25, 0.3) is 5.91 Å². The van der Waals surface area contributed by atoms with Crippen molar-refractivity contribution in [2.75, 3.05) is 20.6 Å². The number of amides is 2. The Kier molecular flexibility index (Phi) is 5.45. The van der Waals surface area contributed by atoms with E-state index >= 15 is 0 Å². The molecule has 0 spiro atoms. The molecule has 1 unspecified atom stereocenters. The number of hydrogen-bond donors (Lipinski definition) is 0. The first kappa shape index (κ1) is 18.2. The molecule has 0 saturated carbocycles. The SMILES string of the molecule is CN(C)C(=O)Cn1cc(C(=O)N2CCCCCC2C(F)(F)F)nn1. The number of nitrogens with zero attached hydrogens (tertiary/aromatic N) is 5. The van der Waals surface area contributed by atoms with Gasteiger partial charge in [-0.1, -0.05) is 18.1 Å². The maximum Gasteiger partial charge on any atom is 0.408 e. The van der Waals surface area contributed by atoms with E-state index in [4.69, 9.17) is 0 Å². The maximum atomic E-state index is 13.2. The van der Waals surface area contributed by atoms with Crippen molar-refractivity contribution in [1.82, 2.24) is 24.8 Å². The summed E-state index contributed by atoms with van der Waals surface area (Å²) >= 11 is 0. The summed E-state index contributed by atoms with van der Waals surface area (Å²) in [6, 6.07) is -1.80. The van der Waals surface area contributed by atoms with E-state index in [1.54, 1.807) is 14.1 Å². The van der Waals surface area contributed by atoms with E-state index < -0.39 is 18.1 Å². The highest BCUT2D eigenvalue weighted by Gasteiger charge is 2.46. The molecule has 0 N–H and O–H groups in total. The van der Waals surface area contributed by atoms with Gasteiger partial charge in [-0.15, -0.1) is 5.10 Å². The van der Waals surface area contributed by atoms with Gasteiger partial charge in [-0.3, -0.25) is 9.59 Å². The van der Waals surface area contributed by atoms with Crippen molar-refractivity contribution in [2.24, 2.45) is 0 Å². The third-order valence-electron chi connectivity index (χ3n) is 3.95. The van der Waals surface area contributed by atoms with Gasteiger partial charge in [0.2, 0.25) is 5.91 Å². The van der Waals surface area contributed by atoms with E-state index in [9.17, 15) is 22.8 Å². The minimum absolute atomic E-state index is 0.0342. The predicted molar refractivity (Wildman–Crippen MR) is 78.1 cm³/mol. The van der Waals surface area contributed by atoms with Gasteiger partial charge in [-0.2, -0.15) is 13.2 Å². The van der Waals surface area contributed by atoms with E-state index in [0.29, 0.717) is 19.3 Å². The van der Waals surface area contributed by atoms with Crippen LogP contribution in [0.3, 0.4) is 0 Å². The maximum absolute atomic E-state index is 13.2. The van der Waals surface area contributed by atoms with Crippen LogP contribution in [0.15, 0.2) is 6.20 Å². The molecule has 0 aliphatic carbocycles. The highest BCUT2D eigenvalue weighted by atomic mass is 19.4. The summed E-state index contributed by atoms with van der Waals surface area (Å²) in [4.78, 5) is 26.2. The molecule has 2 amide bonds. The van der Waals surface area contributed by atoms with Crippen LogP contribution in [0.4, 0.5) is 13.2 Å². The molecule has 1 aromatic rings. The summed E-state index contributed by atoms with van der Waals surface area (Å²) in [5.74, 6) is -1.07. The number of carbonyl (C=O) groups excluding carboxylic acids is 2. The first-order chi connectivity index (χ1) is 11.2. The quantitative estimate of drug-likeness (QED) is 0.827. The second-order valence-electron chi connectivity index (χ2n) is 5.99. The number of aromatic nitrogens is 3. The first-order valence-electron chi connectivity index (χ1n) is 7.68. The lowest BCUT2D eigenvalue weighted by Gasteiger charge is -2.30. The fourth-order valence-electron chi connectivity index (χ4n) is 2.59. The normalized spacial score (nSPS) is 19.0. The van der Waals surface area contributed by atoms with Crippen molar-refractivity contribution in [3.63, 3.8) is 0 Å². The zero-order valence-corrected chi connectivity index (χ0v) is 13.6. The van der Waals surface area contributed by atoms with Crippen molar-refractivity contribution in [3.05, 3.63) is 11.9 Å². The summed E-state index contributed by atoms with van der Waals surface area (Å²) in [6.07, 6.45) is -1.77. The lowest BCUT2D eigenvalue weighted by atomic mass is 10.1. The molecule has 1 fully saturated rings. The summed E-state index contributed by atoms with van der Waals surface area (Å²) in [7, 11) is 3.13. The molecule has 2 rings (SSSR count). The summed E-state index contributed by atoms with van der Waals surface area (Å²) < 4.78 is 40.8. The van der Waals surface area contributed by atoms with E-state index in [0.717, 1.165) is 9.58 Å². The van der Waals surface area contributed by atoms with Crippen LogP contribution in [0.1, 0.15) is 36.2 Å². The van der Waals surface area contributed by atoms with Gasteiger partial charge in [0, 0.05) is 20.6 Å². The van der Waals surface area contributed by atoms with Gasteiger partial charge < -0.3 is 9.80 Å². The molecule has 1 saturated heterocycles. The molecule has 1 atom stereocenters. The smallest absolute Gasteiger partial charge is 0.347 e. The number of likely N-dealkylation sites (N-methyl/N-ethyl adjacent to an activating group) is 1. The van der Waals surface area contributed by atoms with Crippen LogP contribution in [-0.2, 0) is 11.3 Å². The Morgan fingerprint density at radius 3 is 2.62 bits per heavy atom. The van der Waals surface area contributed by atoms with Crippen LogP contribution in [0.25, 0.3) is 0 Å². The van der Waals surface area contributed by atoms with Gasteiger partial charge >= 0.3 is 6.18 Å². The molecule has 7 nitrogen and oxygen atoms in total. The van der Waals surface area contributed by atoms with Crippen LogP contribution < -0.4 is 0 Å². The van der Waals surface area contributed by atoms with Crippen LogP contribution in [0.5, 0.6) is 0 Å². The predicted octanol–water partition coefficient (Wildman–Crippen LogP) is 1.31. The average Bonchev–Trinajstić information content (AvgIpc) is 2.80. The summed E-state index contributed by atoms with van der Waals surface area (Å²) in [6.45, 7) is -0.0948. The van der Waals surface area contributed by atoms with Crippen molar-refractivity contribution in [2.45, 2.75) is 44.4 Å². The third kappa shape index (κ3) is 4.24. The molecule has 1 aliphatic heterocycles. The molecule has 1 aliphatic rings. The molecule has 0 aromatic carbocycles. The average molecular weight is 347 g/mol. The first-order valence-corrected chi connectivity index (χ1v) is 7.68. The number of carbonyl (C=O) groups is 2. The van der Waals surface area contributed by atoms with Gasteiger partial charge in [0.05, 0.1) is 6.20 Å². The Balaban J connectivity index is 2.17. The fraction of sp³-hybridized carbons (Fsp3) is 0.714. The molecule has 0 radical (unpaired) electrons. The van der Waals surface area contributed by atoms with Crippen molar-refractivity contribution >= 4 is 11.8 Å². The number of rotatable bonds is 3. The fourth-order valence-corrected chi connectivity index (χ4v) is 2.59. The Hall–Kier alpha value is -2.13. The lowest BCUT2D eigenvalue weighted by Crippen LogP contribution is -2.48. The molecule has 134 valence electrons. The van der Waals surface area contributed by atoms with E-state index in [1.165, 1.54) is 11.1 Å².